The molecule has 0 unspecified atom stereocenters. The van der Waals surface area contributed by atoms with E-state index in [1.54, 1.807) is 23.9 Å². The third-order valence-corrected chi connectivity index (χ3v) is 4.74. The van der Waals surface area contributed by atoms with Gasteiger partial charge in [0.1, 0.15) is 11.1 Å². The van der Waals surface area contributed by atoms with E-state index in [-0.39, 0.29) is 17.0 Å². The lowest BCUT2D eigenvalue weighted by molar-refractivity contribution is -0.140. The minimum atomic E-state index is -0.254. The van der Waals surface area contributed by atoms with Crippen molar-refractivity contribution in [2.24, 2.45) is 0 Å². The van der Waals surface area contributed by atoms with Crippen molar-refractivity contribution in [3.63, 3.8) is 0 Å². The Balaban J connectivity index is 1.85. The first kappa shape index (κ1) is 16.0. The molecule has 4 nitrogen and oxygen atoms in total. The van der Waals surface area contributed by atoms with Crippen LogP contribution >= 0.6 is 24.0 Å². The summed E-state index contributed by atoms with van der Waals surface area (Å²) in [5.41, 5.74) is 0.953. The molecule has 7 heteroatoms. The highest BCUT2D eigenvalue weighted by Gasteiger charge is 2.28. The third kappa shape index (κ3) is 4.57. The summed E-state index contributed by atoms with van der Waals surface area (Å²) in [6, 6.07) is 6.28. The summed E-state index contributed by atoms with van der Waals surface area (Å²) in [5.74, 6) is 0.360. The van der Waals surface area contributed by atoms with E-state index in [9.17, 15) is 9.18 Å². The van der Waals surface area contributed by atoms with E-state index in [0.717, 1.165) is 17.9 Å². The van der Waals surface area contributed by atoms with Gasteiger partial charge in [0.05, 0.1) is 7.11 Å². The van der Waals surface area contributed by atoms with Crippen LogP contribution in [-0.4, -0.2) is 47.2 Å². The normalized spacial score (nSPS) is 18.2. The van der Waals surface area contributed by atoms with Crippen molar-refractivity contribution < 1.29 is 13.9 Å². The van der Waals surface area contributed by atoms with E-state index in [4.69, 9.17) is 17.0 Å². The summed E-state index contributed by atoms with van der Waals surface area (Å²) in [7, 11) is 1.40. The number of halogens is 1. The zero-order chi connectivity index (χ0) is 15.2. The van der Waals surface area contributed by atoms with E-state index in [2.05, 4.69) is 5.32 Å². The Bertz CT molecular complexity index is 510. The predicted octanol–water partition coefficient (Wildman–Crippen LogP) is 1.79. The maximum Gasteiger partial charge on any atom is 0.320 e. The van der Waals surface area contributed by atoms with Crippen LogP contribution in [-0.2, 0) is 16.1 Å². The van der Waals surface area contributed by atoms with E-state index >= 15 is 0 Å². The molecule has 1 heterocycles. The largest absolute Gasteiger partial charge is 0.468 e. The van der Waals surface area contributed by atoms with Crippen LogP contribution in [0.1, 0.15) is 5.56 Å². The lowest BCUT2D eigenvalue weighted by Crippen LogP contribution is -2.48. The van der Waals surface area contributed by atoms with Crippen molar-refractivity contribution in [2.45, 2.75) is 11.8 Å². The molecule has 1 aliphatic heterocycles. The summed E-state index contributed by atoms with van der Waals surface area (Å²) >= 11 is 6.94. The van der Waals surface area contributed by atoms with Gasteiger partial charge in [-0.15, -0.1) is 11.8 Å². The van der Waals surface area contributed by atoms with Gasteiger partial charge in [0.25, 0.3) is 0 Å². The van der Waals surface area contributed by atoms with E-state index < -0.39 is 0 Å². The number of nitrogens with one attached hydrogen (secondary N) is 1. The van der Waals surface area contributed by atoms with Gasteiger partial charge in [-0.25, -0.2) is 4.39 Å². The van der Waals surface area contributed by atoms with Gasteiger partial charge in [0, 0.05) is 25.4 Å². The summed E-state index contributed by atoms with van der Waals surface area (Å²) < 4.78 is 17.6. The van der Waals surface area contributed by atoms with Crippen molar-refractivity contribution in [1.82, 2.24) is 10.2 Å². The maximum atomic E-state index is 12.8. The van der Waals surface area contributed by atoms with Gasteiger partial charge >= 0.3 is 5.97 Å². The molecule has 1 atom stereocenters. The molecule has 2 rings (SSSR count). The lowest BCUT2D eigenvalue weighted by Gasteiger charge is -2.33. The fourth-order valence-electron chi connectivity index (χ4n) is 2.00. The van der Waals surface area contributed by atoms with Gasteiger partial charge < -0.3 is 15.0 Å². The second kappa shape index (κ2) is 7.61. The van der Waals surface area contributed by atoms with Crippen LogP contribution in [0.5, 0.6) is 0 Å². The monoisotopic (exact) mass is 328 g/mol. The molecule has 1 N–H and O–H groups in total. The summed E-state index contributed by atoms with van der Waals surface area (Å²) in [5, 5.41) is 3.54. The number of hydrogen-bond acceptors (Lipinski definition) is 4. The first-order valence-electron chi connectivity index (χ1n) is 6.57. The van der Waals surface area contributed by atoms with Gasteiger partial charge in [0.15, 0.2) is 5.11 Å². The first-order valence-corrected chi connectivity index (χ1v) is 8.02. The molecule has 0 bridgehead atoms. The molecule has 114 valence electrons. The quantitative estimate of drug-likeness (QED) is 0.674. The number of carbonyl (C=O) groups is 1. The Hall–Kier alpha value is -1.34. The van der Waals surface area contributed by atoms with E-state index in [1.165, 1.54) is 19.2 Å². The molecule has 1 fully saturated rings. The van der Waals surface area contributed by atoms with Gasteiger partial charge in [-0.05, 0) is 29.9 Å². The van der Waals surface area contributed by atoms with Crippen LogP contribution in [0.25, 0.3) is 0 Å². The average Bonchev–Trinajstić information content (AvgIpc) is 2.53. The number of rotatable bonds is 3. The molecule has 0 amide bonds. The van der Waals surface area contributed by atoms with Crippen LogP contribution < -0.4 is 5.32 Å². The van der Waals surface area contributed by atoms with Crippen molar-refractivity contribution >= 4 is 35.1 Å². The topological polar surface area (TPSA) is 41.6 Å². The zero-order valence-corrected chi connectivity index (χ0v) is 13.3. The minimum absolute atomic E-state index is 0.200. The van der Waals surface area contributed by atoms with Crippen LogP contribution in [0.4, 0.5) is 4.39 Å². The minimum Gasteiger partial charge on any atom is -0.468 e. The van der Waals surface area contributed by atoms with Crippen molar-refractivity contribution in [3.8, 4) is 0 Å². The highest BCUT2D eigenvalue weighted by molar-refractivity contribution is 8.00. The van der Waals surface area contributed by atoms with Gasteiger partial charge in [-0.3, -0.25) is 4.79 Å². The molecular formula is C14H17FN2O2S2. The molecule has 1 aliphatic rings. The number of methoxy groups -OCH3 is 1. The van der Waals surface area contributed by atoms with E-state index in [1.807, 2.05) is 4.90 Å². The fraction of sp³-hybridized carbons (Fsp3) is 0.429. The van der Waals surface area contributed by atoms with Crippen LogP contribution in [0.3, 0.4) is 0 Å². The van der Waals surface area contributed by atoms with Crippen LogP contribution in [0.2, 0.25) is 0 Å². The SMILES string of the molecule is COC(=O)[C@H]1CN(C(=S)NCc2ccc(F)cc2)CCS1. The number of thiocarbonyl (C=S) groups is 1. The van der Waals surface area contributed by atoms with Crippen molar-refractivity contribution in [3.05, 3.63) is 35.6 Å². The van der Waals surface area contributed by atoms with Crippen molar-refractivity contribution in [2.75, 3.05) is 26.0 Å². The molecule has 1 saturated heterocycles. The molecular weight excluding hydrogens is 311 g/mol. The van der Waals surface area contributed by atoms with Gasteiger partial charge in [0.2, 0.25) is 0 Å². The molecule has 0 radical (unpaired) electrons. The van der Waals surface area contributed by atoms with Crippen LogP contribution in [0, 0.1) is 5.82 Å². The Kier molecular flexibility index (Phi) is 5.81. The Morgan fingerprint density at radius 3 is 2.90 bits per heavy atom. The number of benzene rings is 1. The first-order chi connectivity index (χ1) is 10.1. The maximum absolute atomic E-state index is 12.8. The number of ether oxygens (including phenoxy) is 1. The van der Waals surface area contributed by atoms with Crippen LogP contribution in [0.15, 0.2) is 24.3 Å². The number of nitrogens with zero attached hydrogens (tertiary/aromatic N) is 1. The highest BCUT2D eigenvalue weighted by atomic mass is 32.2. The predicted molar refractivity (Wildman–Crippen MR) is 85.7 cm³/mol. The highest BCUT2D eigenvalue weighted by Crippen LogP contribution is 2.19. The zero-order valence-electron chi connectivity index (χ0n) is 11.7. The summed E-state index contributed by atoms with van der Waals surface area (Å²) in [6.45, 7) is 1.88. The Labute approximate surface area is 133 Å². The third-order valence-electron chi connectivity index (χ3n) is 3.17. The molecule has 0 saturated carbocycles. The molecule has 0 spiro atoms. The van der Waals surface area contributed by atoms with E-state index in [0.29, 0.717) is 18.2 Å². The second-order valence-corrected chi connectivity index (χ2v) is 6.31. The fourth-order valence-corrected chi connectivity index (χ4v) is 3.37. The number of esters is 1. The van der Waals surface area contributed by atoms with Crippen molar-refractivity contribution in [1.29, 1.82) is 0 Å². The Morgan fingerprint density at radius 2 is 2.24 bits per heavy atom. The second-order valence-electron chi connectivity index (χ2n) is 4.61. The molecule has 1 aromatic carbocycles. The summed E-state index contributed by atoms with van der Waals surface area (Å²) in [6.07, 6.45) is 0. The lowest BCUT2D eigenvalue weighted by atomic mass is 10.2. The number of carbonyl (C=O) groups excluding carboxylic acids is 1. The number of hydrogen-bond donors (Lipinski definition) is 1. The summed E-state index contributed by atoms with van der Waals surface area (Å²) in [4.78, 5) is 13.5. The standard InChI is InChI=1S/C14H17FN2O2S2/c1-19-13(18)12-9-17(6-7-21-12)14(20)16-8-10-2-4-11(15)5-3-10/h2-5,12H,6-9H2,1H3,(H,16,20)/t12-/m1/s1. The van der Waals surface area contributed by atoms with Gasteiger partial charge in [-0.2, -0.15) is 0 Å². The molecule has 0 aliphatic carbocycles. The molecule has 0 aromatic heterocycles. The smallest absolute Gasteiger partial charge is 0.320 e. The van der Waals surface area contributed by atoms with Gasteiger partial charge in [-0.1, -0.05) is 12.1 Å². The molecule has 1 aromatic rings. The Morgan fingerprint density at radius 1 is 1.52 bits per heavy atom. The average molecular weight is 328 g/mol. The molecule has 21 heavy (non-hydrogen) atoms. The number of thioether (sulfide) groups is 1.